The summed E-state index contributed by atoms with van der Waals surface area (Å²) in [6.45, 7) is 0.485. The van der Waals surface area contributed by atoms with Crippen LogP contribution in [0.3, 0.4) is 0 Å². The molecule has 104 valence electrons. The maximum absolute atomic E-state index is 13.0. The smallest absolute Gasteiger partial charge is 0.251 e. The average Bonchev–Trinajstić information content (AvgIpc) is 2.40. The third kappa shape index (κ3) is 3.50. The fourth-order valence-electron chi connectivity index (χ4n) is 2.45. The molecule has 1 amide bonds. The van der Waals surface area contributed by atoms with Crippen molar-refractivity contribution in [3.05, 3.63) is 35.4 Å². The first-order chi connectivity index (χ1) is 9.08. The first-order valence-electron chi connectivity index (χ1n) is 6.57. The van der Waals surface area contributed by atoms with Crippen molar-refractivity contribution in [2.75, 3.05) is 6.54 Å². The SMILES string of the molecule is NC1CCCCC1CNC(=O)c1ccc(F)c(F)c1. The average molecular weight is 268 g/mol. The molecular weight excluding hydrogens is 250 g/mol. The number of hydrogen-bond donors (Lipinski definition) is 2. The molecule has 0 aromatic heterocycles. The zero-order valence-corrected chi connectivity index (χ0v) is 10.7. The van der Waals surface area contributed by atoms with Crippen molar-refractivity contribution in [3.63, 3.8) is 0 Å². The molecule has 0 aliphatic heterocycles. The lowest BCUT2D eigenvalue weighted by Gasteiger charge is -2.28. The number of nitrogens with two attached hydrogens (primary N) is 1. The lowest BCUT2D eigenvalue weighted by atomic mass is 9.85. The predicted octanol–water partition coefficient (Wildman–Crippen LogP) is 2.21. The molecule has 2 unspecified atom stereocenters. The van der Waals surface area contributed by atoms with Crippen LogP contribution in [0.15, 0.2) is 18.2 Å². The minimum absolute atomic E-state index is 0.110. The van der Waals surface area contributed by atoms with Crippen LogP contribution in [-0.4, -0.2) is 18.5 Å². The molecule has 1 aliphatic rings. The summed E-state index contributed by atoms with van der Waals surface area (Å²) >= 11 is 0. The van der Waals surface area contributed by atoms with Gasteiger partial charge in [0, 0.05) is 18.2 Å². The molecule has 19 heavy (non-hydrogen) atoms. The van der Waals surface area contributed by atoms with Crippen LogP contribution in [0.5, 0.6) is 0 Å². The Morgan fingerprint density at radius 1 is 1.26 bits per heavy atom. The summed E-state index contributed by atoms with van der Waals surface area (Å²) in [5.41, 5.74) is 6.12. The molecule has 1 aromatic carbocycles. The zero-order valence-electron chi connectivity index (χ0n) is 10.7. The lowest BCUT2D eigenvalue weighted by Crippen LogP contribution is -2.41. The number of nitrogens with one attached hydrogen (secondary N) is 1. The number of rotatable bonds is 3. The van der Waals surface area contributed by atoms with Gasteiger partial charge in [-0.1, -0.05) is 12.8 Å². The highest BCUT2D eigenvalue weighted by Gasteiger charge is 2.22. The molecule has 0 radical (unpaired) electrons. The molecule has 1 aliphatic carbocycles. The van der Waals surface area contributed by atoms with Gasteiger partial charge < -0.3 is 11.1 Å². The van der Waals surface area contributed by atoms with Gasteiger partial charge in [0.25, 0.3) is 5.91 Å². The van der Waals surface area contributed by atoms with Crippen LogP contribution in [0.4, 0.5) is 8.78 Å². The van der Waals surface area contributed by atoms with E-state index in [0.717, 1.165) is 37.8 Å². The van der Waals surface area contributed by atoms with E-state index in [0.29, 0.717) is 6.54 Å². The number of hydrogen-bond acceptors (Lipinski definition) is 2. The quantitative estimate of drug-likeness (QED) is 0.883. The second kappa shape index (κ2) is 6.10. The van der Waals surface area contributed by atoms with Crippen molar-refractivity contribution >= 4 is 5.91 Å². The standard InChI is InChI=1S/C14H18F2N2O/c15-11-6-5-9(7-12(11)16)14(19)18-8-10-3-1-2-4-13(10)17/h5-7,10,13H,1-4,8,17H2,(H,18,19). The Morgan fingerprint density at radius 2 is 2.00 bits per heavy atom. The van der Waals surface area contributed by atoms with Crippen molar-refractivity contribution in [3.8, 4) is 0 Å². The van der Waals surface area contributed by atoms with Crippen molar-refractivity contribution in [2.45, 2.75) is 31.7 Å². The van der Waals surface area contributed by atoms with E-state index in [-0.39, 0.29) is 17.5 Å². The Bertz CT molecular complexity index is 465. The van der Waals surface area contributed by atoms with Gasteiger partial charge in [-0.2, -0.15) is 0 Å². The first kappa shape index (κ1) is 13.9. The highest BCUT2D eigenvalue weighted by atomic mass is 19.2. The molecule has 5 heteroatoms. The summed E-state index contributed by atoms with van der Waals surface area (Å²) < 4.78 is 25.8. The third-order valence-electron chi connectivity index (χ3n) is 3.67. The van der Waals surface area contributed by atoms with E-state index in [9.17, 15) is 13.6 Å². The molecule has 0 saturated heterocycles. The van der Waals surface area contributed by atoms with Crippen LogP contribution in [0, 0.1) is 17.6 Å². The normalized spacial score (nSPS) is 23.1. The molecule has 1 fully saturated rings. The minimum Gasteiger partial charge on any atom is -0.352 e. The second-order valence-electron chi connectivity index (χ2n) is 5.05. The van der Waals surface area contributed by atoms with Gasteiger partial charge in [-0.15, -0.1) is 0 Å². The minimum atomic E-state index is -1.01. The van der Waals surface area contributed by atoms with Gasteiger partial charge in [-0.25, -0.2) is 8.78 Å². The van der Waals surface area contributed by atoms with Crippen LogP contribution in [0.2, 0.25) is 0 Å². The molecule has 3 N–H and O–H groups in total. The van der Waals surface area contributed by atoms with Gasteiger partial charge in [-0.05, 0) is 37.0 Å². The van der Waals surface area contributed by atoms with Crippen molar-refractivity contribution in [2.24, 2.45) is 11.7 Å². The lowest BCUT2D eigenvalue weighted by molar-refractivity contribution is 0.0941. The fourth-order valence-corrected chi connectivity index (χ4v) is 2.45. The predicted molar refractivity (Wildman–Crippen MR) is 68.6 cm³/mol. The molecule has 1 aromatic rings. The summed E-state index contributed by atoms with van der Waals surface area (Å²) in [4.78, 5) is 11.8. The number of benzene rings is 1. The summed E-state index contributed by atoms with van der Waals surface area (Å²) in [5, 5.41) is 2.74. The summed E-state index contributed by atoms with van der Waals surface area (Å²) in [7, 11) is 0. The van der Waals surface area contributed by atoms with E-state index >= 15 is 0 Å². The monoisotopic (exact) mass is 268 g/mol. The first-order valence-corrected chi connectivity index (χ1v) is 6.57. The molecule has 2 rings (SSSR count). The Labute approximate surface area is 111 Å². The van der Waals surface area contributed by atoms with Crippen molar-refractivity contribution in [1.82, 2.24) is 5.32 Å². The molecule has 1 saturated carbocycles. The van der Waals surface area contributed by atoms with E-state index in [2.05, 4.69) is 5.32 Å². The van der Waals surface area contributed by atoms with Crippen molar-refractivity contribution in [1.29, 1.82) is 0 Å². The van der Waals surface area contributed by atoms with Crippen LogP contribution < -0.4 is 11.1 Å². The second-order valence-corrected chi connectivity index (χ2v) is 5.05. The Morgan fingerprint density at radius 3 is 2.68 bits per heavy atom. The largest absolute Gasteiger partial charge is 0.352 e. The molecule has 0 spiro atoms. The van der Waals surface area contributed by atoms with Gasteiger partial charge in [-0.3, -0.25) is 4.79 Å². The Balaban J connectivity index is 1.91. The Hall–Kier alpha value is -1.49. The molecule has 0 heterocycles. The van der Waals surface area contributed by atoms with E-state index in [4.69, 9.17) is 5.73 Å². The van der Waals surface area contributed by atoms with Crippen LogP contribution in [0.1, 0.15) is 36.0 Å². The van der Waals surface area contributed by atoms with Crippen LogP contribution in [-0.2, 0) is 0 Å². The molecule has 0 bridgehead atoms. The fraction of sp³-hybridized carbons (Fsp3) is 0.500. The molecule has 3 nitrogen and oxygen atoms in total. The van der Waals surface area contributed by atoms with Crippen LogP contribution >= 0.6 is 0 Å². The summed E-state index contributed by atoms with van der Waals surface area (Å²) in [6, 6.07) is 3.25. The number of carbonyl (C=O) groups is 1. The summed E-state index contributed by atoms with van der Waals surface area (Å²) in [5.74, 6) is -2.09. The van der Waals surface area contributed by atoms with E-state index in [1.807, 2.05) is 0 Å². The topological polar surface area (TPSA) is 55.1 Å². The van der Waals surface area contributed by atoms with Gasteiger partial charge in [0.1, 0.15) is 0 Å². The van der Waals surface area contributed by atoms with Gasteiger partial charge in [0.05, 0.1) is 0 Å². The van der Waals surface area contributed by atoms with Crippen molar-refractivity contribution < 1.29 is 13.6 Å². The van der Waals surface area contributed by atoms with E-state index in [1.54, 1.807) is 0 Å². The third-order valence-corrected chi connectivity index (χ3v) is 3.67. The van der Waals surface area contributed by atoms with Crippen LogP contribution in [0.25, 0.3) is 0 Å². The molecule has 2 atom stereocenters. The van der Waals surface area contributed by atoms with Gasteiger partial charge >= 0.3 is 0 Å². The highest BCUT2D eigenvalue weighted by Crippen LogP contribution is 2.22. The van der Waals surface area contributed by atoms with Gasteiger partial charge in [0.2, 0.25) is 0 Å². The number of amides is 1. The maximum Gasteiger partial charge on any atom is 0.251 e. The summed E-state index contributed by atoms with van der Waals surface area (Å²) in [6.07, 6.45) is 4.24. The van der Waals surface area contributed by atoms with E-state index < -0.39 is 17.5 Å². The maximum atomic E-state index is 13.0. The Kier molecular flexibility index (Phi) is 4.47. The number of carbonyl (C=O) groups excluding carboxylic acids is 1. The van der Waals surface area contributed by atoms with Gasteiger partial charge in [0.15, 0.2) is 11.6 Å². The van der Waals surface area contributed by atoms with E-state index in [1.165, 1.54) is 6.07 Å². The number of halogens is 2. The zero-order chi connectivity index (χ0) is 13.8. The molecular formula is C14H18F2N2O. The highest BCUT2D eigenvalue weighted by molar-refractivity contribution is 5.94.